The Kier molecular flexibility index (Phi) is 9.77. The average molecular weight is 565 g/mol. The normalized spacial score (nSPS) is 11.2. The summed E-state index contributed by atoms with van der Waals surface area (Å²) in [5, 5.41) is 21.0. The zero-order valence-electron chi connectivity index (χ0n) is 22.9. The first-order chi connectivity index (χ1) is 20.4. The van der Waals surface area contributed by atoms with Crippen molar-refractivity contribution in [3.63, 3.8) is 0 Å². The van der Waals surface area contributed by atoms with Gasteiger partial charge in [0.1, 0.15) is 11.5 Å². The number of rotatable bonds is 10. The van der Waals surface area contributed by atoms with Crippen molar-refractivity contribution in [2.75, 3.05) is 0 Å². The average Bonchev–Trinajstić information content (AvgIpc) is 2.99. The molecule has 4 aromatic rings. The van der Waals surface area contributed by atoms with Crippen molar-refractivity contribution in [2.45, 2.75) is 13.8 Å². The van der Waals surface area contributed by atoms with Crippen LogP contribution in [-0.4, -0.2) is 22.2 Å². The van der Waals surface area contributed by atoms with Crippen LogP contribution in [-0.2, 0) is 9.59 Å². The van der Waals surface area contributed by atoms with Gasteiger partial charge in [0.15, 0.2) is 23.0 Å². The van der Waals surface area contributed by atoms with E-state index in [2.05, 4.69) is 0 Å². The van der Waals surface area contributed by atoms with E-state index in [9.17, 15) is 19.8 Å². The van der Waals surface area contributed by atoms with Gasteiger partial charge in [-0.1, -0.05) is 60.7 Å². The number of para-hydroxylation sites is 2. The number of carbonyl (C=O) groups is 2. The van der Waals surface area contributed by atoms with Crippen molar-refractivity contribution < 1.29 is 38.7 Å². The molecule has 0 aliphatic carbocycles. The van der Waals surface area contributed by atoms with Crippen LogP contribution in [0.5, 0.6) is 46.0 Å². The van der Waals surface area contributed by atoms with Crippen molar-refractivity contribution >= 4 is 24.1 Å². The van der Waals surface area contributed by atoms with Gasteiger partial charge >= 0.3 is 11.9 Å². The van der Waals surface area contributed by atoms with Gasteiger partial charge in [-0.05, 0) is 62.4 Å². The second-order valence-corrected chi connectivity index (χ2v) is 8.67. The van der Waals surface area contributed by atoms with Crippen LogP contribution in [0.15, 0.2) is 109 Å². The van der Waals surface area contributed by atoms with E-state index in [0.29, 0.717) is 22.6 Å². The van der Waals surface area contributed by atoms with Crippen LogP contribution >= 0.6 is 0 Å². The van der Waals surface area contributed by atoms with Crippen molar-refractivity contribution in [2.24, 2.45) is 0 Å². The largest absolute Gasteiger partial charge is 0.504 e. The zero-order valence-corrected chi connectivity index (χ0v) is 22.9. The molecule has 0 aliphatic rings. The number of ether oxygens (including phenoxy) is 4. The molecule has 4 aromatic carbocycles. The highest BCUT2D eigenvalue weighted by Crippen LogP contribution is 2.44. The Balaban J connectivity index is 1.56. The molecule has 0 amide bonds. The molecular weight excluding hydrogens is 536 g/mol. The summed E-state index contributed by atoms with van der Waals surface area (Å²) < 4.78 is 22.6. The lowest BCUT2D eigenvalue weighted by molar-refractivity contribution is -0.131. The summed E-state index contributed by atoms with van der Waals surface area (Å²) in [5.74, 6) is -1.97. The van der Waals surface area contributed by atoms with Crippen LogP contribution in [0, 0.1) is 0 Å². The van der Waals surface area contributed by atoms with E-state index < -0.39 is 11.9 Å². The first-order valence-corrected chi connectivity index (χ1v) is 12.9. The van der Waals surface area contributed by atoms with Crippen LogP contribution in [0.25, 0.3) is 12.2 Å². The minimum absolute atomic E-state index is 0.108. The van der Waals surface area contributed by atoms with Gasteiger partial charge < -0.3 is 29.2 Å². The zero-order chi connectivity index (χ0) is 29.9. The lowest BCUT2D eigenvalue weighted by Crippen LogP contribution is -2.10. The fraction of sp³-hybridized carbons (Fsp3) is 0.0588. The molecule has 8 nitrogen and oxygen atoms in total. The summed E-state index contributed by atoms with van der Waals surface area (Å²) in [7, 11) is 0. The quantitative estimate of drug-likeness (QED) is 0.114. The van der Waals surface area contributed by atoms with Gasteiger partial charge in [0, 0.05) is 23.3 Å². The number of hydrogen-bond donors (Lipinski definition) is 2. The summed E-state index contributed by atoms with van der Waals surface area (Å²) in [6.45, 7) is 3.61. The summed E-state index contributed by atoms with van der Waals surface area (Å²) in [6, 6.07) is 23.5. The molecule has 0 aromatic heterocycles. The maximum absolute atomic E-state index is 12.7. The Labute approximate surface area is 243 Å². The van der Waals surface area contributed by atoms with Gasteiger partial charge in [-0.25, -0.2) is 9.59 Å². The Morgan fingerprint density at radius 1 is 0.548 bits per heavy atom. The van der Waals surface area contributed by atoms with Crippen LogP contribution in [0.3, 0.4) is 0 Å². The number of phenols is 2. The molecule has 0 radical (unpaired) electrons. The minimum atomic E-state index is -0.981. The third kappa shape index (κ3) is 7.45. The lowest BCUT2D eigenvalue weighted by atomic mass is 10.1. The van der Waals surface area contributed by atoms with Crippen molar-refractivity contribution in [1.29, 1.82) is 0 Å². The van der Waals surface area contributed by atoms with E-state index in [0.717, 1.165) is 12.2 Å². The van der Waals surface area contributed by atoms with E-state index in [-0.39, 0.29) is 34.5 Å². The van der Waals surface area contributed by atoms with Crippen molar-refractivity contribution in [3.05, 3.63) is 120 Å². The standard InChI is InChI=1S/C34H28O8/c1-3-11-23-17-19-27(35)33(31(23)39-25-13-7-5-8-14-25)41-29(37)21-22-30(38)42-34-28(36)20-18-24(12-4-2)32(34)40-26-15-9-6-10-16-26/h3-22,35-36H,1-2H3/b11-3+,12-4+,22-21-. The topological polar surface area (TPSA) is 112 Å². The molecule has 0 unspecified atom stereocenters. The van der Waals surface area contributed by atoms with Crippen molar-refractivity contribution in [3.8, 4) is 46.0 Å². The van der Waals surface area contributed by atoms with E-state index in [1.54, 1.807) is 85.0 Å². The first-order valence-electron chi connectivity index (χ1n) is 12.9. The molecule has 4 rings (SSSR count). The van der Waals surface area contributed by atoms with Gasteiger partial charge in [-0.15, -0.1) is 0 Å². The second-order valence-electron chi connectivity index (χ2n) is 8.67. The lowest BCUT2D eigenvalue weighted by Gasteiger charge is -2.15. The smallest absolute Gasteiger partial charge is 0.336 e. The minimum Gasteiger partial charge on any atom is -0.504 e. The third-order valence-corrected chi connectivity index (χ3v) is 5.62. The number of esters is 2. The molecule has 0 aliphatic heterocycles. The number of hydrogen-bond acceptors (Lipinski definition) is 8. The third-order valence-electron chi connectivity index (χ3n) is 5.62. The summed E-state index contributed by atoms with van der Waals surface area (Å²) in [6.07, 6.45) is 8.66. The highest BCUT2D eigenvalue weighted by molar-refractivity contribution is 5.94. The molecule has 0 bridgehead atoms. The van der Waals surface area contributed by atoms with Crippen LogP contribution in [0.2, 0.25) is 0 Å². The number of carbonyl (C=O) groups excluding carboxylic acids is 2. The van der Waals surface area contributed by atoms with E-state index in [1.165, 1.54) is 12.1 Å². The molecule has 8 heteroatoms. The molecule has 0 saturated heterocycles. The van der Waals surface area contributed by atoms with E-state index in [1.807, 2.05) is 26.0 Å². The van der Waals surface area contributed by atoms with Crippen LogP contribution < -0.4 is 18.9 Å². The fourth-order valence-corrected chi connectivity index (χ4v) is 3.78. The maximum Gasteiger partial charge on any atom is 0.336 e. The van der Waals surface area contributed by atoms with Crippen LogP contribution in [0.1, 0.15) is 25.0 Å². The van der Waals surface area contributed by atoms with Crippen molar-refractivity contribution in [1.82, 2.24) is 0 Å². The monoisotopic (exact) mass is 564 g/mol. The molecule has 42 heavy (non-hydrogen) atoms. The Hall–Kier alpha value is -5.76. The van der Waals surface area contributed by atoms with Gasteiger partial charge in [-0.3, -0.25) is 0 Å². The fourth-order valence-electron chi connectivity index (χ4n) is 3.78. The Morgan fingerprint density at radius 3 is 1.29 bits per heavy atom. The molecule has 0 fully saturated rings. The summed E-state index contributed by atoms with van der Waals surface area (Å²) in [5.41, 5.74) is 1.10. The molecule has 0 heterocycles. The maximum atomic E-state index is 12.7. The van der Waals surface area contributed by atoms with Gasteiger partial charge in [-0.2, -0.15) is 0 Å². The van der Waals surface area contributed by atoms with Gasteiger partial charge in [0.05, 0.1) is 0 Å². The molecule has 0 spiro atoms. The second kappa shape index (κ2) is 14.0. The Bertz CT molecular complexity index is 1510. The first kappa shape index (κ1) is 29.2. The number of phenolic OH excluding ortho intramolecular Hbond substituents is 2. The van der Waals surface area contributed by atoms with Crippen LogP contribution in [0.4, 0.5) is 0 Å². The van der Waals surface area contributed by atoms with Gasteiger partial charge in [0.25, 0.3) is 0 Å². The summed E-state index contributed by atoms with van der Waals surface area (Å²) in [4.78, 5) is 25.5. The van der Waals surface area contributed by atoms with E-state index >= 15 is 0 Å². The highest BCUT2D eigenvalue weighted by Gasteiger charge is 2.21. The molecule has 0 atom stereocenters. The van der Waals surface area contributed by atoms with E-state index in [4.69, 9.17) is 18.9 Å². The molecule has 212 valence electrons. The predicted molar refractivity (Wildman–Crippen MR) is 159 cm³/mol. The summed E-state index contributed by atoms with van der Waals surface area (Å²) >= 11 is 0. The number of benzene rings is 4. The number of allylic oxidation sites excluding steroid dienone is 2. The highest BCUT2D eigenvalue weighted by atomic mass is 16.6. The van der Waals surface area contributed by atoms with Gasteiger partial charge in [0.2, 0.25) is 11.5 Å². The molecule has 0 saturated carbocycles. The number of aromatic hydroxyl groups is 2. The SMILES string of the molecule is C/C=C/c1ccc(O)c(OC(=O)/C=C\C(=O)Oc2c(O)ccc(/C=C/C)c2Oc2ccccc2)c1Oc1ccccc1. The molecule has 2 N–H and O–H groups in total. The predicted octanol–water partition coefficient (Wildman–Crippen LogP) is 7.82. The Morgan fingerprint density at radius 2 is 0.929 bits per heavy atom. The molecular formula is C34H28O8.